The van der Waals surface area contributed by atoms with Crippen LogP contribution in [-0.4, -0.2) is 28.2 Å². The number of rotatable bonds is 7. The summed E-state index contributed by atoms with van der Waals surface area (Å²) in [5, 5.41) is 14.2. The van der Waals surface area contributed by atoms with Gasteiger partial charge in [-0.2, -0.15) is 0 Å². The van der Waals surface area contributed by atoms with Crippen molar-refractivity contribution in [2.45, 2.75) is 58.7 Å². The molecule has 1 fully saturated rings. The zero-order valence-corrected chi connectivity index (χ0v) is 19.3. The number of nitrogens with zero attached hydrogens (tertiary/aromatic N) is 1. The van der Waals surface area contributed by atoms with Crippen molar-refractivity contribution in [2.75, 3.05) is 0 Å². The van der Waals surface area contributed by atoms with Crippen LogP contribution in [0.5, 0.6) is 0 Å². The quantitative estimate of drug-likeness (QED) is 0.573. The van der Waals surface area contributed by atoms with E-state index in [1.165, 1.54) is 29.2 Å². The summed E-state index contributed by atoms with van der Waals surface area (Å²) in [5.41, 5.74) is 0.564. The number of hydrogen-bond acceptors (Lipinski definition) is 3. The molecule has 2 amide bonds. The van der Waals surface area contributed by atoms with E-state index in [0.29, 0.717) is 17.0 Å². The molecule has 0 bridgehead atoms. The molecule has 1 aliphatic rings. The number of carbonyl (C=O) groups is 2. The molecule has 2 atom stereocenters. The van der Waals surface area contributed by atoms with Crippen molar-refractivity contribution >= 4 is 17.8 Å². The maximum atomic E-state index is 14.3. The second-order valence-corrected chi connectivity index (χ2v) is 9.39. The molecule has 2 aromatic carbocycles. The number of nitrogens with one attached hydrogen (secondary N) is 3. The van der Waals surface area contributed by atoms with Gasteiger partial charge in [0.15, 0.2) is 5.96 Å². The lowest BCUT2D eigenvalue weighted by molar-refractivity contribution is -0.131. The fraction of sp³-hybridized carbons (Fsp3) is 0.400. The Balaban J connectivity index is 1.73. The van der Waals surface area contributed by atoms with Gasteiger partial charge < -0.3 is 10.6 Å². The summed E-state index contributed by atoms with van der Waals surface area (Å²) >= 11 is 0. The van der Waals surface area contributed by atoms with Crippen molar-refractivity contribution in [2.24, 2.45) is 5.92 Å². The third-order valence-corrected chi connectivity index (χ3v) is 5.65. The molecule has 3 rings (SSSR count). The van der Waals surface area contributed by atoms with Crippen LogP contribution in [-0.2, 0) is 11.3 Å². The number of amides is 2. The highest BCUT2D eigenvalue weighted by Gasteiger charge is 2.38. The molecule has 0 unspecified atom stereocenters. The first kappa shape index (κ1) is 24.4. The molecule has 6 nitrogen and oxygen atoms in total. The average Bonchev–Trinajstić information content (AvgIpc) is 2.69. The van der Waals surface area contributed by atoms with E-state index in [9.17, 15) is 18.4 Å². The monoisotopic (exact) mass is 456 g/mol. The first-order valence-electron chi connectivity index (χ1n) is 11.0. The Bertz CT molecular complexity index is 1050. The van der Waals surface area contributed by atoms with E-state index in [0.717, 1.165) is 12.5 Å². The second kappa shape index (κ2) is 9.68. The molecule has 0 spiro atoms. The van der Waals surface area contributed by atoms with E-state index in [4.69, 9.17) is 5.41 Å². The third-order valence-electron chi connectivity index (χ3n) is 5.65. The van der Waals surface area contributed by atoms with Gasteiger partial charge in [-0.05, 0) is 67.6 Å². The third kappa shape index (κ3) is 6.15. The van der Waals surface area contributed by atoms with Gasteiger partial charge in [-0.25, -0.2) is 8.78 Å². The fourth-order valence-electron chi connectivity index (χ4n) is 4.34. The van der Waals surface area contributed by atoms with Crippen molar-refractivity contribution in [3.63, 3.8) is 0 Å². The first-order valence-corrected chi connectivity index (χ1v) is 11.0. The maximum Gasteiger partial charge on any atom is 0.251 e. The summed E-state index contributed by atoms with van der Waals surface area (Å²) in [6.07, 6.45) is 0.962. The van der Waals surface area contributed by atoms with Crippen molar-refractivity contribution in [3.8, 4) is 0 Å². The zero-order valence-electron chi connectivity index (χ0n) is 19.3. The zero-order chi connectivity index (χ0) is 24.3. The van der Waals surface area contributed by atoms with Gasteiger partial charge in [0, 0.05) is 11.1 Å². The van der Waals surface area contributed by atoms with Gasteiger partial charge in [-0.3, -0.25) is 19.9 Å². The van der Waals surface area contributed by atoms with Crippen molar-refractivity contribution in [1.82, 2.24) is 15.5 Å². The van der Waals surface area contributed by atoms with Gasteiger partial charge in [-0.15, -0.1) is 0 Å². The average molecular weight is 457 g/mol. The van der Waals surface area contributed by atoms with Gasteiger partial charge in [0.05, 0.1) is 19.0 Å². The molecule has 2 aromatic rings. The predicted octanol–water partition coefficient (Wildman–Crippen LogP) is 4.52. The van der Waals surface area contributed by atoms with Gasteiger partial charge >= 0.3 is 0 Å². The topological polar surface area (TPSA) is 85.3 Å². The standard InChI is InChI=1S/C25H30F2N4O2/c1-15(2)12-25(4)13-22(32)31(24(28)30-25)14-17-8-19(11-21(27)9-17)23(33)29-16(3)18-6-5-7-20(26)10-18/h5-11,15-16H,12-14H2,1-4H3,(H2,28,30)(H,29,33)/t16-,25+/m0/s1. The molecule has 0 saturated carbocycles. The van der Waals surface area contributed by atoms with E-state index in [-0.39, 0.29) is 30.4 Å². The Hall–Kier alpha value is -3.29. The van der Waals surface area contributed by atoms with Crippen LogP contribution in [0.1, 0.15) is 68.1 Å². The van der Waals surface area contributed by atoms with E-state index in [1.54, 1.807) is 19.1 Å². The minimum absolute atomic E-state index is 0.0279. The number of halogens is 2. The molecular formula is C25H30F2N4O2. The van der Waals surface area contributed by atoms with Crippen LogP contribution in [0.25, 0.3) is 0 Å². The van der Waals surface area contributed by atoms with Crippen LogP contribution < -0.4 is 10.6 Å². The highest BCUT2D eigenvalue weighted by molar-refractivity contribution is 5.99. The molecule has 8 heteroatoms. The SMILES string of the molecule is CC(C)C[C@]1(C)CC(=O)N(Cc2cc(F)cc(C(=O)N[C@@H](C)c3cccc(F)c3)c2)C(=N)N1. The first-order chi connectivity index (χ1) is 15.5. The molecule has 176 valence electrons. The van der Waals surface area contributed by atoms with Crippen LogP contribution in [0.15, 0.2) is 42.5 Å². The van der Waals surface area contributed by atoms with Crippen molar-refractivity contribution in [3.05, 3.63) is 70.8 Å². The Morgan fingerprint density at radius 3 is 2.55 bits per heavy atom. The lowest BCUT2D eigenvalue weighted by Crippen LogP contribution is -2.61. The molecule has 0 radical (unpaired) electrons. The normalized spacial score (nSPS) is 19.4. The Labute approximate surface area is 192 Å². The molecule has 33 heavy (non-hydrogen) atoms. The van der Waals surface area contributed by atoms with E-state index in [1.807, 2.05) is 6.92 Å². The lowest BCUT2D eigenvalue weighted by atomic mass is 9.86. The van der Waals surface area contributed by atoms with Crippen molar-refractivity contribution in [1.29, 1.82) is 5.41 Å². The van der Waals surface area contributed by atoms with Crippen LogP contribution in [0, 0.1) is 23.0 Å². The van der Waals surface area contributed by atoms with Gasteiger partial charge in [0.25, 0.3) is 5.91 Å². The summed E-state index contributed by atoms with van der Waals surface area (Å²) in [7, 11) is 0. The van der Waals surface area contributed by atoms with Crippen LogP contribution >= 0.6 is 0 Å². The lowest BCUT2D eigenvalue weighted by Gasteiger charge is -2.41. The molecule has 1 aliphatic heterocycles. The Morgan fingerprint density at radius 1 is 1.18 bits per heavy atom. The van der Waals surface area contributed by atoms with E-state index >= 15 is 0 Å². The molecule has 0 aliphatic carbocycles. The number of guanidine groups is 1. The van der Waals surface area contributed by atoms with E-state index < -0.39 is 29.1 Å². The summed E-state index contributed by atoms with van der Waals surface area (Å²) in [5.74, 6) is -1.46. The number of carbonyl (C=O) groups excluding carboxylic acids is 2. The minimum atomic E-state index is -0.621. The smallest absolute Gasteiger partial charge is 0.251 e. The van der Waals surface area contributed by atoms with Crippen LogP contribution in [0.2, 0.25) is 0 Å². The molecule has 1 saturated heterocycles. The second-order valence-electron chi connectivity index (χ2n) is 9.39. The van der Waals surface area contributed by atoms with Gasteiger partial charge in [0.2, 0.25) is 5.91 Å². The number of hydrogen-bond donors (Lipinski definition) is 3. The molecule has 1 heterocycles. The Morgan fingerprint density at radius 2 is 1.91 bits per heavy atom. The largest absolute Gasteiger partial charge is 0.350 e. The summed E-state index contributed by atoms with van der Waals surface area (Å²) < 4.78 is 27.8. The number of benzene rings is 2. The highest BCUT2D eigenvalue weighted by Crippen LogP contribution is 2.26. The molecule has 3 N–H and O–H groups in total. The highest BCUT2D eigenvalue weighted by atomic mass is 19.1. The van der Waals surface area contributed by atoms with Gasteiger partial charge in [-0.1, -0.05) is 26.0 Å². The van der Waals surface area contributed by atoms with Crippen LogP contribution in [0.4, 0.5) is 8.78 Å². The summed E-state index contributed by atoms with van der Waals surface area (Å²) in [4.78, 5) is 26.8. The fourth-order valence-corrected chi connectivity index (χ4v) is 4.34. The Kier molecular flexibility index (Phi) is 7.15. The summed E-state index contributed by atoms with van der Waals surface area (Å²) in [6, 6.07) is 9.26. The van der Waals surface area contributed by atoms with E-state index in [2.05, 4.69) is 24.5 Å². The maximum absolute atomic E-state index is 14.3. The predicted molar refractivity (Wildman–Crippen MR) is 123 cm³/mol. The van der Waals surface area contributed by atoms with Gasteiger partial charge in [0.1, 0.15) is 11.6 Å². The minimum Gasteiger partial charge on any atom is -0.350 e. The van der Waals surface area contributed by atoms with Crippen LogP contribution in [0.3, 0.4) is 0 Å². The molecule has 0 aromatic heterocycles. The summed E-state index contributed by atoms with van der Waals surface area (Å²) in [6.45, 7) is 7.71. The van der Waals surface area contributed by atoms with Crippen molar-refractivity contribution < 1.29 is 18.4 Å². The molecular weight excluding hydrogens is 426 g/mol.